The van der Waals surface area contributed by atoms with E-state index >= 15 is 4.39 Å². The van der Waals surface area contributed by atoms with Crippen LogP contribution in [0.1, 0.15) is 0 Å². The average molecular weight is 509 g/mol. The highest BCUT2D eigenvalue weighted by Crippen LogP contribution is 2.33. The van der Waals surface area contributed by atoms with Crippen molar-refractivity contribution in [2.45, 2.75) is 4.90 Å². The monoisotopic (exact) mass is 509 g/mol. The van der Waals surface area contributed by atoms with Crippen LogP contribution >= 0.6 is 0 Å². The molecule has 0 saturated carbocycles. The molecule has 3 aromatic carbocycles. The molecule has 0 aliphatic carbocycles. The van der Waals surface area contributed by atoms with Gasteiger partial charge in [0.05, 0.1) is 29.4 Å². The number of ether oxygens (including phenoxy) is 1. The summed E-state index contributed by atoms with van der Waals surface area (Å²) >= 11 is 0. The van der Waals surface area contributed by atoms with Crippen LogP contribution in [-0.4, -0.2) is 25.1 Å². The van der Waals surface area contributed by atoms with Crippen LogP contribution < -0.4 is 15.0 Å². The number of pyridine rings is 1. The summed E-state index contributed by atoms with van der Waals surface area (Å²) < 4.78 is 67.8. The fourth-order valence-corrected chi connectivity index (χ4v) is 4.80. The Morgan fingerprint density at radius 1 is 1.00 bits per heavy atom. The first-order valence-electron chi connectivity index (χ1n) is 10.5. The number of sulfonamides is 1. The van der Waals surface area contributed by atoms with Gasteiger partial charge in [0, 0.05) is 23.1 Å². The van der Waals surface area contributed by atoms with Crippen molar-refractivity contribution in [2.24, 2.45) is 0 Å². The minimum absolute atomic E-state index is 0.0943. The van der Waals surface area contributed by atoms with Crippen LogP contribution in [0, 0.1) is 11.6 Å². The van der Waals surface area contributed by atoms with Gasteiger partial charge in [0.2, 0.25) is 0 Å². The average Bonchev–Trinajstić information content (AvgIpc) is 3.36. The Balaban J connectivity index is 1.64. The molecule has 0 radical (unpaired) electrons. The summed E-state index contributed by atoms with van der Waals surface area (Å²) in [4.78, 5) is 16.5. The van der Waals surface area contributed by atoms with E-state index in [1.165, 1.54) is 84.8 Å². The molecule has 2 heterocycles. The van der Waals surface area contributed by atoms with Gasteiger partial charge in [-0.2, -0.15) is 0 Å². The van der Waals surface area contributed by atoms with Crippen LogP contribution in [0.15, 0.2) is 93.3 Å². The van der Waals surface area contributed by atoms with Crippen molar-refractivity contribution in [2.75, 3.05) is 11.8 Å². The van der Waals surface area contributed by atoms with Gasteiger partial charge >= 0.3 is 6.01 Å². The second-order valence-corrected chi connectivity index (χ2v) is 9.36. The lowest BCUT2D eigenvalue weighted by Crippen LogP contribution is -2.19. The molecule has 0 aliphatic heterocycles. The Morgan fingerprint density at radius 3 is 2.47 bits per heavy atom. The molecule has 0 fully saturated rings. The maximum Gasteiger partial charge on any atom is 0.308 e. The number of methoxy groups -OCH3 is 1. The topological polar surface area (TPSA) is 103 Å². The number of benzene rings is 3. The third-order valence-corrected chi connectivity index (χ3v) is 6.81. The van der Waals surface area contributed by atoms with Gasteiger partial charge in [-0.05, 0) is 48.0 Å². The number of rotatable bonds is 6. The van der Waals surface area contributed by atoms with E-state index in [-0.39, 0.29) is 27.9 Å². The summed E-state index contributed by atoms with van der Waals surface area (Å²) in [6.07, 6.45) is 2.52. The number of anilines is 1. The number of oxazole rings is 1. The van der Waals surface area contributed by atoms with Crippen molar-refractivity contribution in [3.8, 4) is 22.6 Å². The van der Waals surface area contributed by atoms with Crippen molar-refractivity contribution in [3.05, 3.63) is 101 Å². The van der Waals surface area contributed by atoms with E-state index in [9.17, 15) is 17.6 Å². The van der Waals surface area contributed by atoms with Gasteiger partial charge in [-0.15, -0.1) is 0 Å². The molecule has 1 N–H and O–H groups in total. The van der Waals surface area contributed by atoms with Gasteiger partial charge in [-0.3, -0.25) is 9.36 Å². The van der Waals surface area contributed by atoms with Gasteiger partial charge in [0.25, 0.3) is 15.6 Å². The van der Waals surface area contributed by atoms with Crippen LogP contribution in [0.4, 0.5) is 14.8 Å². The first kappa shape index (κ1) is 23.2. The molecule has 8 nitrogen and oxygen atoms in total. The molecule has 2 aromatic heterocycles. The number of nitrogens with zero attached hydrogens (tertiary/aromatic N) is 2. The maximum absolute atomic E-state index is 15.2. The SMILES string of the molecule is COc1cc(-c2ccc(F)cc2)c(F)cc1-n1c(=O)ccc2cc(S(=O)(=O)Nc3ncco3)ccc21. The first-order valence-corrected chi connectivity index (χ1v) is 12.0. The van der Waals surface area contributed by atoms with E-state index in [2.05, 4.69) is 9.71 Å². The summed E-state index contributed by atoms with van der Waals surface area (Å²) in [5.41, 5.74) is 0.547. The molecule has 182 valence electrons. The lowest BCUT2D eigenvalue weighted by molar-refractivity contribution is 0.412. The molecular weight excluding hydrogens is 492 g/mol. The van der Waals surface area contributed by atoms with Crippen molar-refractivity contribution in [1.29, 1.82) is 0 Å². The molecule has 5 aromatic rings. The van der Waals surface area contributed by atoms with Crippen molar-refractivity contribution >= 4 is 26.9 Å². The Kier molecular flexibility index (Phi) is 5.77. The third-order valence-electron chi connectivity index (χ3n) is 5.49. The van der Waals surface area contributed by atoms with Gasteiger partial charge in [-0.25, -0.2) is 26.9 Å². The number of hydrogen-bond acceptors (Lipinski definition) is 6. The molecule has 11 heteroatoms. The van der Waals surface area contributed by atoms with Gasteiger partial charge < -0.3 is 9.15 Å². The predicted molar refractivity (Wildman–Crippen MR) is 129 cm³/mol. The van der Waals surface area contributed by atoms with Crippen LogP contribution in [0.5, 0.6) is 5.75 Å². The lowest BCUT2D eigenvalue weighted by atomic mass is 10.0. The number of halogens is 2. The first-order chi connectivity index (χ1) is 17.3. The Morgan fingerprint density at radius 2 is 1.78 bits per heavy atom. The highest BCUT2D eigenvalue weighted by Gasteiger charge is 2.20. The zero-order valence-electron chi connectivity index (χ0n) is 18.6. The molecule has 0 saturated heterocycles. The normalized spacial score (nSPS) is 11.5. The fourth-order valence-electron chi connectivity index (χ4n) is 3.82. The Labute approximate surface area is 203 Å². The smallest absolute Gasteiger partial charge is 0.308 e. The molecule has 0 unspecified atom stereocenters. The highest BCUT2D eigenvalue weighted by molar-refractivity contribution is 7.92. The Hall–Kier alpha value is -4.51. The van der Waals surface area contributed by atoms with E-state index in [1.807, 2.05) is 0 Å². The molecule has 0 bridgehead atoms. The minimum atomic E-state index is -4.03. The zero-order chi connectivity index (χ0) is 25.4. The second kappa shape index (κ2) is 8.93. The predicted octanol–water partition coefficient (Wildman–Crippen LogP) is 4.73. The third kappa shape index (κ3) is 4.20. The molecule has 0 aliphatic rings. The van der Waals surface area contributed by atoms with Crippen LogP contribution in [0.25, 0.3) is 27.7 Å². The van der Waals surface area contributed by atoms with Crippen LogP contribution in [0.3, 0.4) is 0 Å². The molecule has 36 heavy (non-hydrogen) atoms. The van der Waals surface area contributed by atoms with E-state index in [1.54, 1.807) is 0 Å². The molecule has 5 rings (SSSR count). The van der Waals surface area contributed by atoms with Crippen molar-refractivity contribution < 1.29 is 26.4 Å². The molecular formula is C25H17F2N3O5S. The molecule has 0 amide bonds. The quantitative estimate of drug-likeness (QED) is 0.355. The highest BCUT2D eigenvalue weighted by atomic mass is 32.2. The van der Waals surface area contributed by atoms with Crippen LogP contribution in [0.2, 0.25) is 0 Å². The van der Waals surface area contributed by atoms with E-state index in [4.69, 9.17) is 9.15 Å². The number of nitrogens with one attached hydrogen (secondary N) is 1. The Bertz CT molecular complexity index is 1750. The van der Waals surface area contributed by atoms with Crippen molar-refractivity contribution in [3.63, 3.8) is 0 Å². The number of aromatic nitrogens is 2. The van der Waals surface area contributed by atoms with E-state index in [0.29, 0.717) is 16.5 Å². The summed E-state index contributed by atoms with van der Waals surface area (Å²) in [6, 6.07) is 14.5. The summed E-state index contributed by atoms with van der Waals surface area (Å²) in [5.74, 6) is -0.926. The maximum atomic E-state index is 15.2. The second-order valence-electron chi connectivity index (χ2n) is 7.68. The zero-order valence-corrected chi connectivity index (χ0v) is 19.4. The van der Waals surface area contributed by atoms with Crippen molar-refractivity contribution in [1.82, 2.24) is 9.55 Å². The van der Waals surface area contributed by atoms with Gasteiger partial charge in [0.1, 0.15) is 23.6 Å². The molecule has 0 atom stereocenters. The van der Waals surface area contributed by atoms with E-state index in [0.717, 1.165) is 6.07 Å². The van der Waals surface area contributed by atoms with Gasteiger partial charge in [0.15, 0.2) is 0 Å². The fraction of sp³-hybridized carbons (Fsp3) is 0.0400. The summed E-state index contributed by atoms with van der Waals surface area (Å²) in [6.45, 7) is 0. The number of fused-ring (bicyclic) bond motifs is 1. The van der Waals surface area contributed by atoms with E-state index < -0.39 is 27.2 Å². The lowest BCUT2D eigenvalue weighted by Gasteiger charge is -2.16. The number of hydrogen-bond donors (Lipinski definition) is 1. The molecule has 0 spiro atoms. The standard InChI is InChI=1S/C25H17F2N3O5S/c1-34-23-13-19(15-2-5-17(26)6-3-15)20(27)14-22(23)30-21-8-7-18(12-16(21)4-9-24(30)31)36(32,33)29-25-28-10-11-35-25/h2-14H,1H3,(H,28,29). The summed E-state index contributed by atoms with van der Waals surface area (Å²) in [7, 11) is -2.65. The summed E-state index contributed by atoms with van der Waals surface area (Å²) in [5, 5.41) is 0.398. The van der Waals surface area contributed by atoms with Crippen LogP contribution in [-0.2, 0) is 10.0 Å². The minimum Gasteiger partial charge on any atom is -0.495 e. The largest absolute Gasteiger partial charge is 0.495 e. The van der Waals surface area contributed by atoms with Gasteiger partial charge in [-0.1, -0.05) is 12.1 Å².